The molecule has 0 atom stereocenters. The van der Waals surface area contributed by atoms with Gasteiger partial charge in [0.1, 0.15) is 0 Å². The first-order valence-electron chi connectivity index (χ1n) is 2.48. The lowest BCUT2D eigenvalue weighted by Crippen LogP contribution is -2.16. The highest BCUT2D eigenvalue weighted by atomic mass is 35.5. The molecule has 0 aliphatic carbocycles. The molecular weight excluding hydrogens is 159 g/mol. The summed E-state index contributed by atoms with van der Waals surface area (Å²) in [6.07, 6.45) is 0.993. The lowest BCUT2D eigenvalue weighted by Gasteiger charge is -1.96. The monoisotopic (exact) mass is 172 g/mol. The zero-order chi connectivity index (χ0) is 5.70. The van der Waals surface area contributed by atoms with Crippen LogP contribution in [0.15, 0.2) is 4.99 Å². The Balaban J connectivity index is -0.000000180. The van der Waals surface area contributed by atoms with Crippen LogP contribution in [0, 0.1) is 0 Å². The minimum atomic E-state index is 0. The Kier molecular flexibility index (Phi) is 19.5. The maximum atomic E-state index is 3.93. The molecule has 0 bridgehead atoms. The van der Waals surface area contributed by atoms with Crippen LogP contribution in [0.5, 0.6) is 0 Å². The van der Waals surface area contributed by atoms with Gasteiger partial charge in [-0.15, -0.1) is 24.8 Å². The van der Waals surface area contributed by atoms with Gasteiger partial charge in [-0.1, -0.05) is 6.92 Å². The van der Waals surface area contributed by atoms with Crippen LogP contribution in [0.25, 0.3) is 0 Å². The second-order valence-electron chi connectivity index (χ2n) is 1.27. The summed E-state index contributed by atoms with van der Waals surface area (Å²) < 4.78 is 0. The Bertz CT molecular complexity index is 67.4. The van der Waals surface area contributed by atoms with Gasteiger partial charge in [0.05, 0.1) is 5.84 Å². The molecule has 2 nitrogen and oxygen atoms in total. The maximum absolute atomic E-state index is 3.93. The van der Waals surface area contributed by atoms with Crippen molar-refractivity contribution in [2.75, 3.05) is 14.1 Å². The van der Waals surface area contributed by atoms with E-state index in [2.05, 4.69) is 17.2 Å². The van der Waals surface area contributed by atoms with Gasteiger partial charge in [-0.05, 0) is 0 Å². The van der Waals surface area contributed by atoms with Crippen molar-refractivity contribution in [2.45, 2.75) is 13.3 Å². The molecule has 9 heavy (non-hydrogen) atoms. The maximum Gasteiger partial charge on any atom is 0.0954 e. The van der Waals surface area contributed by atoms with Crippen molar-refractivity contribution >= 4 is 30.6 Å². The molecule has 0 heterocycles. The van der Waals surface area contributed by atoms with E-state index in [0.29, 0.717) is 0 Å². The summed E-state index contributed by atoms with van der Waals surface area (Å²) in [5.74, 6) is 1.06. The molecule has 0 spiro atoms. The summed E-state index contributed by atoms with van der Waals surface area (Å²) in [5, 5.41) is 2.95. The van der Waals surface area contributed by atoms with Crippen molar-refractivity contribution < 1.29 is 0 Å². The topological polar surface area (TPSA) is 24.4 Å². The molecule has 0 unspecified atom stereocenters. The van der Waals surface area contributed by atoms with E-state index in [4.69, 9.17) is 0 Å². The average Bonchev–Trinajstić information content (AvgIpc) is 1.72. The zero-order valence-electron chi connectivity index (χ0n) is 5.97. The SMILES string of the molecule is CCC(=NC)NC.Cl.Cl. The van der Waals surface area contributed by atoms with E-state index in [1.54, 1.807) is 7.05 Å². The van der Waals surface area contributed by atoms with Crippen LogP contribution >= 0.6 is 24.8 Å². The van der Waals surface area contributed by atoms with Gasteiger partial charge < -0.3 is 5.32 Å². The Morgan fingerprint density at radius 1 is 1.44 bits per heavy atom. The predicted molar refractivity (Wildman–Crippen MR) is 47.2 cm³/mol. The van der Waals surface area contributed by atoms with Crippen molar-refractivity contribution in [3.63, 3.8) is 0 Å². The van der Waals surface area contributed by atoms with E-state index in [1.807, 2.05) is 7.05 Å². The first kappa shape index (κ1) is 16.0. The molecule has 0 rings (SSSR count). The second-order valence-corrected chi connectivity index (χ2v) is 1.27. The summed E-state index contributed by atoms with van der Waals surface area (Å²) in [6, 6.07) is 0. The highest BCUT2D eigenvalue weighted by Crippen LogP contribution is 1.75. The van der Waals surface area contributed by atoms with Crippen LogP contribution in [-0.2, 0) is 0 Å². The lowest BCUT2D eigenvalue weighted by molar-refractivity contribution is 1.07. The highest BCUT2D eigenvalue weighted by molar-refractivity contribution is 5.85. The van der Waals surface area contributed by atoms with Gasteiger partial charge in [-0.3, -0.25) is 4.99 Å². The van der Waals surface area contributed by atoms with Crippen molar-refractivity contribution in [2.24, 2.45) is 4.99 Å². The predicted octanol–water partition coefficient (Wildman–Crippen LogP) is 1.49. The molecule has 0 aliphatic rings. The van der Waals surface area contributed by atoms with Crippen molar-refractivity contribution in [1.82, 2.24) is 5.32 Å². The molecule has 4 heteroatoms. The van der Waals surface area contributed by atoms with Gasteiger partial charge in [0, 0.05) is 20.5 Å². The highest BCUT2D eigenvalue weighted by Gasteiger charge is 1.82. The molecule has 0 aromatic heterocycles. The summed E-state index contributed by atoms with van der Waals surface area (Å²) in [4.78, 5) is 3.93. The standard InChI is InChI=1S/C5H12N2.2ClH/c1-4-5(6-2)7-3;;/h4H2,1-3H3,(H,6,7);2*1H. The number of nitrogens with one attached hydrogen (secondary N) is 1. The number of nitrogens with zero attached hydrogens (tertiary/aromatic N) is 1. The minimum absolute atomic E-state index is 0. The second kappa shape index (κ2) is 10.9. The molecule has 0 saturated heterocycles. The molecule has 0 aromatic carbocycles. The third kappa shape index (κ3) is 8.05. The molecule has 0 aliphatic heterocycles. The number of amidine groups is 1. The minimum Gasteiger partial charge on any atom is -0.377 e. The quantitative estimate of drug-likeness (QED) is 0.471. The van der Waals surface area contributed by atoms with E-state index in [9.17, 15) is 0 Å². The molecule has 0 saturated carbocycles. The van der Waals surface area contributed by atoms with Crippen molar-refractivity contribution in [3.05, 3.63) is 0 Å². The van der Waals surface area contributed by atoms with Crippen LogP contribution in [-0.4, -0.2) is 19.9 Å². The van der Waals surface area contributed by atoms with E-state index in [-0.39, 0.29) is 24.8 Å². The molecule has 0 fully saturated rings. The zero-order valence-corrected chi connectivity index (χ0v) is 7.60. The van der Waals surface area contributed by atoms with Gasteiger partial charge in [-0.25, -0.2) is 0 Å². The summed E-state index contributed by atoms with van der Waals surface area (Å²) in [7, 11) is 3.67. The van der Waals surface area contributed by atoms with E-state index in [0.717, 1.165) is 12.3 Å². The van der Waals surface area contributed by atoms with Gasteiger partial charge in [0.25, 0.3) is 0 Å². The third-order valence-corrected chi connectivity index (χ3v) is 0.893. The molecule has 0 aromatic rings. The largest absolute Gasteiger partial charge is 0.377 e. The van der Waals surface area contributed by atoms with Gasteiger partial charge in [0.15, 0.2) is 0 Å². The summed E-state index contributed by atoms with van der Waals surface area (Å²) >= 11 is 0. The molecule has 58 valence electrons. The van der Waals surface area contributed by atoms with Gasteiger partial charge in [-0.2, -0.15) is 0 Å². The molecule has 1 N–H and O–H groups in total. The van der Waals surface area contributed by atoms with Gasteiger partial charge >= 0.3 is 0 Å². The molecular formula is C5H14Cl2N2. The van der Waals surface area contributed by atoms with Crippen LogP contribution in [0.3, 0.4) is 0 Å². The fourth-order valence-corrected chi connectivity index (χ4v) is 0.447. The number of halogens is 2. The van der Waals surface area contributed by atoms with Crippen molar-refractivity contribution in [3.8, 4) is 0 Å². The van der Waals surface area contributed by atoms with Crippen molar-refractivity contribution in [1.29, 1.82) is 0 Å². The Hall–Kier alpha value is 0.0500. The first-order valence-corrected chi connectivity index (χ1v) is 2.48. The third-order valence-electron chi connectivity index (χ3n) is 0.893. The van der Waals surface area contributed by atoms with Crippen LogP contribution in [0.4, 0.5) is 0 Å². The average molecular weight is 173 g/mol. The lowest BCUT2D eigenvalue weighted by atomic mass is 10.4. The number of rotatable bonds is 1. The fraction of sp³-hybridized carbons (Fsp3) is 0.800. The molecule has 0 amide bonds. The van der Waals surface area contributed by atoms with Gasteiger partial charge in [0.2, 0.25) is 0 Å². The first-order chi connectivity index (χ1) is 3.35. The smallest absolute Gasteiger partial charge is 0.0954 e. The number of hydrogen-bond donors (Lipinski definition) is 1. The normalized spacial score (nSPS) is 9.00. The Morgan fingerprint density at radius 3 is 1.89 bits per heavy atom. The molecule has 0 radical (unpaired) electrons. The Labute approximate surface area is 69.0 Å². The van der Waals surface area contributed by atoms with E-state index in [1.165, 1.54) is 0 Å². The van der Waals surface area contributed by atoms with Crippen LogP contribution < -0.4 is 5.32 Å². The number of hydrogen-bond acceptors (Lipinski definition) is 1. The van der Waals surface area contributed by atoms with E-state index < -0.39 is 0 Å². The summed E-state index contributed by atoms with van der Waals surface area (Å²) in [6.45, 7) is 2.07. The van der Waals surface area contributed by atoms with Crippen LogP contribution in [0.1, 0.15) is 13.3 Å². The number of aliphatic imine (C=N–C) groups is 1. The van der Waals surface area contributed by atoms with E-state index >= 15 is 0 Å². The summed E-state index contributed by atoms with van der Waals surface area (Å²) in [5.41, 5.74) is 0. The Morgan fingerprint density at radius 2 is 1.89 bits per heavy atom. The van der Waals surface area contributed by atoms with Crippen LogP contribution in [0.2, 0.25) is 0 Å². The fourth-order valence-electron chi connectivity index (χ4n) is 0.447.